The van der Waals surface area contributed by atoms with Crippen molar-refractivity contribution < 1.29 is 49.2 Å². The molecule has 15 nitrogen and oxygen atoms in total. The van der Waals surface area contributed by atoms with Crippen molar-refractivity contribution in [2.24, 2.45) is 11.5 Å². The molecule has 0 aliphatic rings. The van der Waals surface area contributed by atoms with Crippen molar-refractivity contribution in [2.75, 3.05) is 0 Å². The van der Waals surface area contributed by atoms with Crippen molar-refractivity contribution >= 4 is 35.6 Å². The zero-order valence-corrected chi connectivity index (χ0v) is 19.9. The number of aliphatic hydroxyl groups excluding tert-OH is 1. The van der Waals surface area contributed by atoms with Crippen LogP contribution in [0.2, 0.25) is 0 Å². The van der Waals surface area contributed by atoms with Gasteiger partial charge in [-0.25, -0.2) is 4.79 Å². The minimum absolute atomic E-state index is 0.00936. The SMILES string of the molecule is CC(O)C(NC(=O)C(N)Cc1ccc(O)cc1)C(=O)NC(CC(=O)O)C(=O)NC(CCC(N)=O)C(=O)O. The number of phenols is 1. The van der Waals surface area contributed by atoms with E-state index in [1.54, 1.807) is 0 Å². The predicted molar refractivity (Wildman–Crippen MR) is 126 cm³/mol. The number of benzene rings is 1. The van der Waals surface area contributed by atoms with Gasteiger partial charge >= 0.3 is 11.9 Å². The number of hydrogen-bond acceptors (Lipinski definition) is 9. The third-order valence-electron chi connectivity index (χ3n) is 5.10. The Balaban J connectivity index is 2.93. The van der Waals surface area contributed by atoms with Crippen molar-refractivity contribution in [1.29, 1.82) is 0 Å². The summed E-state index contributed by atoms with van der Waals surface area (Å²) in [7, 11) is 0. The van der Waals surface area contributed by atoms with Crippen molar-refractivity contribution in [3.05, 3.63) is 29.8 Å². The summed E-state index contributed by atoms with van der Waals surface area (Å²) < 4.78 is 0. The molecule has 0 saturated heterocycles. The lowest BCUT2D eigenvalue weighted by Crippen LogP contribution is -2.60. The number of phenolic OH excluding ortho intramolecular Hbond substituents is 1. The van der Waals surface area contributed by atoms with E-state index >= 15 is 0 Å². The van der Waals surface area contributed by atoms with Gasteiger partial charge in [-0.15, -0.1) is 0 Å². The van der Waals surface area contributed by atoms with Gasteiger partial charge < -0.3 is 47.8 Å². The van der Waals surface area contributed by atoms with Crippen molar-refractivity contribution in [3.8, 4) is 5.75 Å². The molecule has 1 aromatic carbocycles. The van der Waals surface area contributed by atoms with Gasteiger partial charge in [0.05, 0.1) is 18.6 Å². The van der Waals surface area contributed by atoms with Crippen LogP contribution in [0.5, 0.6) is 5.75 Å². The molecule has 0 radical (unpaired) electrons. The molecule has 204 valence electrons. The number of aliphatic hydroxyl groups is 1. The Morgan fingerprint density at radius 1 is 0.892 bits per heavy atom. The quantitative estimate of drug-likeness (QED) is 0.111. The van der Waals surface area contributed by atoms with Crippen LogP contribution in [-0.4, -0.2) is 86.3 Å². The van der Waals surface area contributed by atoms with Gasteiger partial charge in [0.15, 0.2) is 0 Å². The molecule has 5 unspecified atom stereocenters. The highest BCUT2D eigenvalue weighted by Crippen LogP contribution is 2.11. The first kappa shape index (κ1) is 30.8. The molecule has 0 spiro atoms. The van der Waals surface area contributed by atoms with E-state index in [-0.39, 0.29) is 25.0 Å². The summed E-state index contributed by atoms with van der Waals surface area (Å²) in [5.74, 6) is -7.02. The normalized spacial score (nSPS) is 14.8. The van der Waals surface area contributed by atoms with Crippen LogP contribution in [0.4, 0.5) is 0 Å². The van der Waals surface area contributed by atoms with Gasteiger partial charge in [-0.05, 0) is 37.5 Å². The highest BCUT2D eigenvalue weighted by Gasteiger charge is 2.33. The maximum Gasteiger partial charge on any atom is 0.326 e. The van der Waals surface area contributed by atoms with Gasteiger partial charge in [0.2, 0.25) is 23.6 Å². The molecule has 11 N–H and O–H groups in total. The molecular weight excluding hydrogens is 494 g/mol. The number of rotatable bonds is 15. The van der Waals surface area contributed by atoms with Gasteiger partial charge in [-0.1, -0.05) is 12.1 Å². The maximum atomic E-state index is 12.8. The molecule has 0 aliphatic carbocycles. The summed E-state index contributed by atoms with van der Waals surface area (Å²) in [6.45, 7) is 1.16. The number of aromatic hydroxyl groups is 1. The monoisotopic (exact) mass is 525 g/mol. The number of primary amides is 1. The molecule has 0 aliphatic heterocycles. The van der Waals surface area contributed by atoms with E-state index in [0.29, 0.717) is 5.56 Å². The summed E-state index contributed by atoms with van der Waals surface area (Å²) >= 11 is 0. The third-order valence-corrected chi connectivity index (χ3v) is 5.10. The first-order valence-corrected chi connectivity index (χ1v) is 11.1. The molecule has 0 heterocycles. The van der Waals surface area contributed by atoms with Crippen molar-refractivity contribution in [1.82, 2.24) is 16.0 Å². The molecule has 37 heavy (non-hydrogen) atoms. The molecular formula is C22H31N5O10. The third kappa shape index (κ3) is 10.9. The summed E-state index contributed by atoms with van der Waals surface area (Å²) in [5, 5.41) is 44.1. The molecule has 0 bridgehead atoms. The van der Waals surface area contributed by atoms with Crippen LogP contribution < -0.4 is 27.4 Å². The lowest BCUT2D eigenvalue weighted by Gasteiger charge is -2.26. The van der Waals surface area contributed by atoms with E-state index < -0.39 is 72.3 Å². The number of amides is 4. The predicted octanol–water partition coefficient (Wildman–Crippen LogP) is -3.08. The Bertz CT molecular complexity index is 998. The van der Waals surface area contributed by atoms with E-state index in [2.05, 4.69) is 10.6 Å². The van der Waals surface area contributed by atoms with Gasteiger partial charge in [0.25, 0.3) is 0 Å². The minimum Gasteiger partial charge on any atom is -0.508 e. The van der Waals surface area contributed by atoms with E-state index in [1.807, 2.05) is 5.32 Å². The minimum atomic E-state index is -1.79. The Morgan fingerprint density at radius 2 is 1.46 bits per heavy atom. The molecule has 1 aromatic rings. The first-order chi connectivity index (χ1) is 17.2. The van der Waals surface area contributed by atoms with Crippen molar-refractivity contribution in [2.45, 2.75) is 62.9 Å². The lowest BCUT2D eigenvalue weighted by atomic mass is 10.0. The van der Waals surface area contributed by atoms with Crippen LogP contribution in [0.15, 0.2) is 24.3 Å². The largest absolute Gasteiger partial charge is 0.508 e. The summed E-state index contributed by atoms with van der Waals surface area (Å²) in [6.07, 6.45) is -3.20. The van der Waals surface area contributed by atoms with E-state index in [9.17, 15) is 44.1 Å². The number of nitrogens with two attached hydrogens (primary N) is 2. The van der Waals surface area contributed by atoms with Crippen LogP contribution in [0.3, 0.4) is 0 Å². The molecule has 0 saturated carbocycles. The number of aliphatic carboxylic acids is 2. The molecule has 1 rings (SSSR count). The van der Waals surface area contributed by atoms with Gasteiger partial charge in [0, 0.05) is 6.42 Å². The smallest absolute Gasteiger partial charge is 0.326 e. The fourth-order valence-electron chi connectivity index (χ4n) is 3.11. The number of carbonyl (C=O) groups excluding carboxylic acids is 4. The Labute approximate surface area is 211 Å². The molecule has 4 amide bonds. The first-order valence-electron chi connectivity index (χ1n) is 11.1. The zero-order valence-electron chi connectivity index (χ0n) is 19.9. The summed E-state index contributed by atoms with van der Waals surface area (Å²) in [5.41, 5.74) is 11.4. The van der Waals surface area contributed by atoms with E-state index in [0.717, 1.165) is 6.92 Å². The molecule has 15 heteroatoms. The Kier molecular flexibility index (Phi) is 11.9. The topological polar surface area (TPSA) is 271 Å². The number of carboxylic acid groups (broad SMARTS) is 2. The Morgan fingerprint density at radius 3 is 1.95 bits per heavy atom. The van der Waals surface area contributed by atoms with E-state index in [1.165, 1.54) is 24.3 Å². The van der Waals surface area contributed by atoms with Gasteiger partial charge in [-0.3, -0.25) is 24.0 Å². The molecule has 0 fully saturated rings. The number of carboxylic acids is 2. The average molecular weight is 526 g/mol. The van der Waals surface area contributed by atoms with E-state index in [4.69, 9.17) is 16.6 Å². The standard InChI is InChI=1S/C22H31N5O10/c1-10(28)18(27-19(33)13(23)8-11-2-4-12(29)5-3-11)21(35)26-15(9-17(31)32)20(34)25-14(22(36)37)6-7-16(24)30/h2-5,10,13-15,18,28-29H,6-9,23H2,1H3,(H2,24,30)(H,25,34)(H,26,35)(H,27,33)(H,31,32)(H,36,37). The van der Waals surface area contributed by atoms with Crippen LogP contribution >= 0.6 is 0 Å². The lowest BCUT2D eigenvalue weighted by molar-refractivity contribution is -0.144. The molecule has 5 atom stereocenters. The second-order valence-corrected chi connectivity index (χ2v) is 8.27. The van der Waals surface area contributed by atoms with Crippen LogP contribution in [0, 0.1) is 0 Å². The average Bonchev–Trinajstić information content (AvgIpc) is 2.79. The van der Waals surface area contributed by atoms with Crippen LogP contribution in [0.1, 0.15) is 31.7 Å². The highest BCUT2D eigenvalue weighted by atomic mass is 16.4. The zero-order chi connectivity index (χ0) is 28.3. The number of hydrogen-bond donors (Lipinski definition) is 9. The van der Waals surface area contributed by atoms with Crippen molar-refractivity contribution in [3.63, 3.8) is 0 Å². The Hall–Kier alpha value is -4.24. The van der Waals surface area contributed by atoms with Crippen LogP contribution in [-0.2, 0) is 35.2 Å². The van der Waals surface area contributed by atoms with Gasteiger partial charge in [-0.2, -0.15) is 0 Å². The second kappa shape index (κ2) is 14.4. The second-order valence-electron chi connectivity index (χ2n) is 8.27. The number of nitrogens with one attached hydrogen (secondary N) is 3. The fraction of sp³-hybridized carbons (Fsp3) is 0.455. The number of carbonyl (C=O) groups is 6. The fourth-order valence-corrected chi connectivity index (χ4v) is 3.11. The summed E-state index contributed by atoms with van der Waals surface area (Å²) in [4.78, 5) is 71.4. The van der Waals surface area contributed by atoms with Crippen LogP contribution in [0.25, 0.3) is 0 Å². The maximum absolute atomic E-state index is 12.8. The molecule has 0 aromatic heterocycles. The summed E-state index contributed by atoms with van der Waals surface area (Å²) in [6, 6.07) is -0.354. The van der Waals surface area contributed by atoms with Gasteiger partial charge in [0.1, 0.15) is 23.9 Å². The highest BCUT2D eigenvalue weighted by molar-refractivity contribution is 5.96.